The summed E-state index contributed by atoms with van der Waals surface area (Å²) in [6.07, 6.45) is 0. The zero-order valence-electron chi connectivity index (χ0n) is 8.25. The Morgan fingerprint density at radius 3 is 1.69 bits per heavy atom. The molecule has 2 amide bonds. The largest absolute Gasteiger partial charge is 0.392 e. The second-order valence-corrected chi connectivity index (χ2v) is 5.42. The van der Waals surface area contributed by atoms with Gasteiger partial charge in [-0.1, -0.05) is 12.2 Å². The van der Waals surface area contributed by atoms with Crippen molar-refractivity contribution < 1.29 is 18.0 Å². The van der Waals surface area contributed by atoms with Crippen molar-refractivity contribution in [2.24, 2.45) is 17.2 Å². The summed E-state index contributed by atoms with van der Waals surface area (Å²) in [6, 6.07) is 0. The summed E-state index contributed by atoms with van der Waals surface area (Å²) in [6.45, 7) is -1.29. The Morgan fingerprint density at radius 1 is 1.06 bits per heavy atom. The average molecular weight is 268 g/mol. The molecular formula is C6H12N4O4S2. The highest BCUT2D eigenvalue weighted by molar-refractivity contribution is 7.92. The third-order valence-corrected chi connectivity index (χ3v) is 3.43. The number of hydrogen-bond donors (Lipinski definition) is 3. The standard InChI is InChI=1S/C6H12N4O4S2/c7-4(11)1-10(2-5(8)12)16(13,14)3-6(9)15/h1-3H2,(H2,7,11)(H2,8,12)(H2,9,15). The molecule has 0 aromatic carbocycles. The highest BCUT2D eigenvalue weighted by atomic mass is 32.2. The second kappa shape index (κ2) is 5.72. The molecule has 0 aromatic rings. The van der Waals surface area contributed by atoms with Gasteiger partial charge in [-0.25, -0.2) is 8.42 Å². The molecule has 0 saturated carbocycles. The van der Waals surface area contributed by atoms with Crippen molar-refractivity contribution in [2.75, 3.05) is 18.8 Å². The van der Waals surface area contributed by atoms with E-state index in [1.165, 1.54) is 0 Å². The van der Waals surface area contributed by atoms with Crippen molar-refractivity contribution >= 4 is 39.0 Å². The fraction of sp³-hybridized carbons (Fsp3) is 0.500. The van der Waals surface area contributed by atoms with Crippen molar-refractivity contribution in [1.82, 2.24) is 4.31 Å². The van der Waals surface area contributed by atoms with Gasteiger partial charge in [0.2, 0.25) is 21.8 Å². The predicted octanol–water partition coefficient (Wildman–Crippen LogP) is -3.13. The monoisotopic (exact) mass is 268 g/mol. The zero-order valence-corrected chi connectivity index (χ0v) is 9.88. The summed E-state index contributed by atoms with van der Waals surface area (Å²) in [4.78, 5) is 21.0. The Balaban J connectivity index is 4.93. The summed E-state index contributed by atoms with van der Waals surface area (Å²) >= 11 is 4.43. The van der Waals surface area contributed by atoms with Crippen LogP contribution in [0.1, 0.15) is 0 Å². The van der Waals surface area contributed by atoms with E-state index >= 15 is 0 Å². The van der Waals surface area contributed by atoms with Gasteiger partial charge in [0.1, 0.15) is 5.75 Å². The number of rotatable bonds is 7. The van der Waals surface area contributed by atoms with E-state index in [1.54, 1.807) is 0 Å². The molecule has 0 rings (SSSR count). The highest BCUT2D eigenvalue weighted by Crippen LogP contribution is 2.00. The van der Waals surface area contributed by atoms with Crippen LogP contribution in [0.3, 0.4) is 0 Å². The molecule has 0 heterocycles. The fourth-order valence-electron chi connectivity index (χ4n) is 0.871. The summed E-state index contributed by atoms with van der Waals surface area (Å²) < 4.78 is 23.6. The Kier molecular flexibility index (Phi) is 5.27. The summed E-state index contributed by atoms with van der Waals surface area (Å²) in [5, 5.41) is 0. The average Bonchev–Trinajstić information content (AvgIpc) is 1.98. The van der Waals surface area contributed by atoms with E-state index in [-0.39, 0.29) is 4.99 Å². The lowest BCUT2D eigenvalue weighted by Gasteiger charge is -2.18. The summed E-state index contributed by atoms with van der Waals surface area (Å²) in [5.74, 6) is -2.47. The third-order valence-electron chi connectivity index (χ3n) is 1.38. The van der Waals surface area contributed by atoms with Crippen LogP contribution in [-0.4, -0.2) is 48.4 Å². The van der Waals surface area contributed by atoms with E-state index in [4.69, 9.17) is 17.2 Å². The Morgan fingerprint density at radius 2 is 1.44 bits per heavy atom. The summed E-state index contributed by atoms with van der Waals surface area (Å²) in [5.41, 5.74) is 14.7. The maximum atomic E-state index is 11.6. The number of amides is 2. The fourth-order valence-corrected chi connectivity index (χ4v) is 2.51. The van der Waals surface area contributed by atoms with Gasteiger partial charge in [-0.05, 0) is 0 Å². The molecule has 0 fully saturated rings. The van der Waals surface area contributed by atoms with Crippen molar-refractivity contribution in [2.45, 2.75) is 0 Å². The lowest BCUT2D eigenvalue weighted by molar-refractivity contribution is -0.120. The van der Waals surface area contributed by atoms with Crippen molar-refractivity contribution in [3.8, 4) is 0 Å². The number of carbonyl (C=O) groups excluding carboxylic acids is 2. The van der Waals surface area contributed by atoms with E-state index in [0.29, 0.717) is 4.31 Å². The molecule has 10 heteroatoms. The maximum Gasteiger partial charge on any atom is 0.232 e. The van der Waals surface area contributed by atoms with Crippen LogP contribution in [0.15, 0.2) is 0 Å². The van der Waals surface area contributed by atoms with Crippen LogP contribution >= 0.6 is 12.2 Å². The minimum absolute atomic E-state index is 0.279. The molecule has 0 bridgehead atoms. The number of thiocarbonyl (C=S) groups is 1. The minimum Gasteiger partial charge on any atom is -0.392 e. The van der Waals surface area contributed by atoms with Crippen LogP contribution in [-0.2, 0) is 19.6 Å². The first-order chi connectivity index (χ1) is 7.15. The van der Waals surface area contributed by atoms with E-state index in [0.717, 1.165) is 0 Å². The molecule has 0 unspecified atom stereocenters. The van der Waals surface area contributed by atoms with E-state index in [9.17, 15) is 18.0 Å². The number of nitrogens with zero attached hydrogens (tertiary/aromatic N) is 1. The number of carbonyl (C=O) groups is 2. The molecule has 0 aliphatic carbocycles. The van der Waals surface area contributed by atoms with Crippen LogP contribution < -0.4 is 17.2 Å². The molecule has 0 spiro atoms. The molecule has 0 aromatic heterocycles. The number of nitrogens with two attached hydrogens (primary N) is 3. The topological polar surface area (TPSA) is 150 Å². The van der Waals surface area contributed by atoms with Gasteiger partial charge in [0.25, 0.3) is 0 Å². The van der Waals surface area contributed by atoms with Crippen LogP contribution in [0, 0.1) is 0 Å². The lowest BCUT2D eigenvalue weighted by Crippen LogP contribution is -2.45. The van der Waals surface area contributed by atoms with Crippen molar-refractivity contribution in [3.05, 3.63) is 0 Å². The first-order valence-electron chi connectivity index (χ1n) is 3.98. The number of sulfonamides is 1. The second-order valence-electron chi connectivity index (χ2n) is 2.92. The van der Waals surface area contributed by atoms with E-state index < -0.39 is 40.7 Å². The SMILES string of the molecule is NC(=O)CN(CC(N)=O)S(=O)(=O)CC(N)=S. The van der Waals surface area contributed by atoms with E-state index in [2.05, 4.69) is 12.2 Å². The van der Waals surface area contributed by atoms with Crippen LogP contribution in [0.5, 0.6) is 0 Å². The smallest absolute Gasteiger partial charge is 0.232 e. The molecule has 0 aliphatic heterocycles. The lowest BCUT2D eigenvalue weighted by atomic mass is 10.5. The third kappa shape index (κ3) is 5.58. The van der Waals surface area contributed by atoms with Crippen LogP contribution in [0.2, 0.25) is 0 Å². The van der Waals surface area contributed by atoms with Gasteiger partial charge in [-0.15, -0.1) is 0 Å². The number of hydrogen-bond acceptors (Lipinski definition) is 5. The molecule has 92 valence electrons. The first kappa shape index (κ1) is 14.7. The van der Waals surface area contributed by atoms with Crippen LogP contribution in [0.25, 0.3) is 0 Å². The molecule has 0 aliphatic rings. The van der Waals surface area contributed by atoms with Gasteiger partial charge in [0.05, 0.1) is 18.1 Å². The van der Waals surface area contributed by atoms with Gasteiger partial charge < -0.3 is 17.2 Å². The minimum atomic E-state index is -3.95. The maximum absolute atomic E-state index is 11.6. The number of primary amides is 2. The Hall–Kier alpha value is -1.26. The normalized spacial score (nSPS) is 11.3. The van der Waals surface area contributed by atoms with Crippen LogP contribution in [0.4, 0.5) is 0 Å². The van der Waals surface area contributed by atoms with Crippen molar-refractivity contribution in [1.29, 1.82) is 0 Å². The molecule has 0 saturated heterocycles. The molecule has 6 N–H and O–H groups in total. The highest BCUT2D eigenvalue weighted by Gasteiger charge is 2.25. The summed E-state index contributed by atoms with van der Waals surface area (Å²) in [7, 11) is -3.95. The van der Waals surface area contributed by atoms with Gasteiger partial charge in [-0.2, -0.15) is 4.31 Å². The van der Waals surface area contributed by atoms with Gasteiger partial charge in [-0.3, -0.25) is 9.59 Å². The van der Waals surface area contributed by atoms with Gasteiger partial charge >= 0.3 is 0 Å². The predicted molar refractivity (Wildman–Crippen MR) is 60.5 cm³/mol. The molecule has 16 heavy (non-hydrogen) atoms. The molecule has 8 nitrogen and oxygen atoms in total. The molecular weight excluding hydrogens is 256 g/mol. The van der Waals surface area contributed by atoms with Gasteiger partial charge in [0, 0.05) is 0 Å². The van der Waals surface area contributed by atoms with Crippen molar-refractivity contribution in [3.63, 3.8) is 0 Å². The molecule has 0 radical (unpaired) electrons. The quantitative estimate of drug-likeness (QED) is 0.416. The van der Waals surface area contributed by atoms with Gasteiger partial charge in [0.15, 0.2) is 0 Å². The Labute approximate surface area is 97.8 Å². The Bertz CT molecular complexity index is 389. The first-order valence-corrected chi connectivity index (χ1v) is 5.99. The zero-order chi connectivity index (χ0) is 12.9. The molecule has 0 atom stereocenters. The van der Waals surface area contributed by atoms with E-state index in [1.807, 2.05) is 0 Å².